The van der Waals surface area contributed by atoms with E-state index in [4.69, 9.17) is 4.74 Å². The fourth-order valence-corrected chi connectivity index (χ4v) is 4.77. The summed E-state index contributed by atoms with van der Waals surface area (Å²) in [6.45, 7) is 3.51. The van der Waals surface area contributed by atoms with Crippen LogP contribution in [0.2, 0.25) is 0 Å². The maximum absolute atomic E-state index is 12.7. The molecule has 0 unspecified atom stereocenters. The number of sulfonamides is 1. The van der Waals surface area contributed by atoms with Crippen molar-refractivity contribution in [2.75, 3.05) is 6.61 Å². The number of ether oxygens (including phenoxy) is 1. The average Bonchev–Trinajstić information content (AvgIpc) is 2.78. The number of halogens is 1. The third kappa shape index (κ3) is 6.66. The van der Waals surface area contributed by atoms with Gasteiger partial charge in [-0.25, -0.2) is 13.1 Å². The lowest BCUT2D eigenvalue weighted by Crippen LogP contribution is -2.31. The molecule has 3 aromatic rings. The van der Waals surface area contributed by atoms with Crippen LogP contribution in [-0.4, -0.2) is 20.9 Å². The number of amides is 1. The Hall–Kier alpha value is -2.68. The van der Waals surface area contributed by atoms with Gasteiger partial charge in [-0.2, -0.15) is 0 Å². The van der Waals surface area contributed by atoms with Crippen LogP contribution in [0.3, 0.4) is 0 Å². The first kappa shape index (κ1) is 24.0. The topological polar surface area (TPSA) is 84.5 Å². The van der Waals surface area contributed by atoms with Gasteiger partial charge in [-0.3, -0.25) is 4.79 Å². The lowest BCUT2D eigenvalue weighted by molar-refractivity contribution is -0.123. The fourth-order valence-electron chi connectivity index (χ4n) is 3.12. The molecule has 0 radical (unpaired) electrons. The Bertz CT molecular complexity index is 1150. The second-order valence-corrected chi connectivity index (χ2v) is 9.99. The highest BCUT2D eigenvalue weighted by molar-refractivity contribution is 9.10. The Morgan fingerprint density at radius 3 is 2.22 bits per heavy atom. The van der Waals surface area contributed by atoms with Gasteiger partial charge in [0.05, 0.1) is 10.9 Å². The van der Waals surface area contributed by atoms with Crippen molar-refractivity contribution in [3.05, 3.63) is 94.5 Å². The Kier molecular flexibility index (Phi) is 8.06. The predicted octanol–water partition coefficient (Wildman–Crippen LogP) is 4.74. The molecule has 0 aliphatic carbocycles. The van der Waals surface area contributed by atoms with Crippen LogP contribution in [0.1, 0.15) is 37.1 Å². The van der Waals surface area contributed by atoms with Gasteiger partial charge in [-0.05, 0) is 61.4 Å². The molecule has 0 aliphatic rings. The first-order chi connectivity index (χ1) is 15.2. The van der Waals surface area contributed by atoms with Crippen molar-refractivity contribution in [3.8, 4) is 5.75 Å². The number of benzene rings is 3. The zero-order valence-corrected chi connectivity index (χ0v) is 20.2. The molecule has 6 nitrogen and oxygen atoms in total. The van der Waals surface area contributed by atoms with E-state index in [-0.39, 0.29) is 29.5 Å². The van der Waals surface area contributed by atoms with E-state index in [1.165, 1.54) is 24.3 Å². The highest BCUT2D eigenvalue weighted by Crippen LogP contribution is 2.20. The van der Waals surface area contributed by atoms with Crippen LogP contribution in [0.15, 0.2) is 88.2 Å². The fraction of sp³-hybridized carbons (Fsp3) is 0.208. The average molecular weight is 517 g/mol. The molecule has 2 N–H and O–H groups in total. The second kappa shape index (κ2) is 10.8. The molecule has 3 aromatic carbocycles. The normalized spacial score (nSPS) is 13.2. The van der Waals surface area contributed by atoms with Crippen molar-refractivity contribution in [1.29, 1.82) is 0 Å². The quantitative estimate of drug-likeness (QED) is 0.429. The van der Waals surface area contributed by atoms with Gasteiger partial charge in [0, 0.05) is 10.5 Å². The van der Waals surface area contributed by atoms with Crippen LogP contribution < -0.4 is 14.8 Å². The van der Waals surface area contributed by atoms with Gasteiger partial charge in [-0.15, -0.1) is 0 Å². The van der Waals surface area contributed by atoms with Crippen LogP contribution in [-0.2, 0) is 14.8 Å². The maximum atomic E-state index is 12.7. The third-order valence-corrected chi connectivity index (χ3v) is 6.91. The van der Waals surface area contributed by atoms with Crippen molar-refractivity contribution < 1.29 is 17.9 Å². The largest absolute Gasteiger partial charge is 0.484 e. The van der Waals surface area contributed by atoms with E-state index in [9.17, 15) is 13.2 Å². The first-order valence-electron chi connectivity index (χ1n) is 10.1. The Labute approximate surface area is 197 Å². The maximum Gasteiger partial charge on any atom is 0.258 e. The smallest absolute Gasteiger partial charge is 0.258 e. The number of hydrogen-bond acceptors (Lipinski definition) is 4. The number of hydrogen-bond donors (Lipinski definition) is 2. The van der Waals surface area contributed by atoms with Crippen LogP contribution in [0.4, 0.5) is 0 Å². The summed E-state index contributed by atoms with van der Waals surface area (Å²) in [5.41, 5.74) is 1.85. The van der Waals surface area contributed by atoms with Crippen molar-refractivity contribution in [2.24, 2.45) is 0 Å². The van der Waals surface area contributed by atoms with Crippen LogP contribution in [0.5, 0.6) is 5.75 Å². The number of rotatable bonds is 9. The molecule has 168 valence electrons. The minimum absolute atomic E-state index is 0.125. The monoisotopic (exact) mass is 516 g/mol. The van der Waals surface area contributed by atoms with Gasteiger partial charge in [0.1, 0.15) is 5.75 Å². The van der Waals surface area contributed by atoms with E-state index in [1.807, 2.05) is 61.5 Å². The lowest BCUT2D eigenvalue weighted by Gasteiger charge is -2.16. The molecule has 1 amide bonds. The molecule has 0 saturated heterocycles. The van der Waals surface area contributed by atoms with E-state index in [2.05, 4.69) is 26.0 Å². The molecule has 32 heavy (non-hydrogen) atoms. The minimum Gasteiger partial charge on any atom is -0.484 e. The number of carbonyl (C=O) groups excluding carboxylic acids is 1. The molecule has 0 heterocycles. The van der Waals surface area contributed by atoms with E-state index in [0.29, 0.717) is 5.75 Å². The lowest BCUT2D eigenvalue weighted by atomic mass is 10.1. The van der Waals surface area contributed by atoms with Gasteiger partial charge in [0.15, 0.2) is 6.61 Å². The van der Waals surface area contributed by atoms with Crippen molar-refractivity contribution in [1.82, 2.24) is 10.0 Å². The van der Waals surface area contributed by atoms with Crippen LogP contribution >= 0.6 is 15.9 Å². The molecule has 3 rings (SSSR count). The van der Waals surface area contributed by atoms with Crippen LogP contribution in [0.25, 0.3) is 0 Å². The summed E-state index contributed by atoms with van der Waals surface area (Å²) >= 11 is 3.42. The van der Waals surface area contributed by atoms with Gasteiger partial charge in [0.25, 0.3) is 5.91 Å². The Balaban J connectivity index is 1.54. The van der Waals surface area contributed by atoms with Crippen LogP contribution in [0, 0.1) is 0 Å². The summed E-state index contributed by atoms with van der Waals surface area (Å²) in [6, 6.07) is 22.5. The molecule has 0 saturated carbocycles. The van der Waals surface area contributed by atoms with Crippen molar-refractivity contribution in [3.63, 3.8) is 0 Å². The van der Waals surface area contributed by atoms with E-state index >= 15 is 0 Å². The molecule has 0 bridgehead atoms. The first-order valence-corrected chi connectivity index (χ1v) is 12.4. The molecular formula is C24H25BrN2O4S. The molecular weight excluding hydrogens is 492 g/mol. The molecule has 0 spiro atoms. The molecule has 0 aromatic heterocycles. The SMILES string of the molecule is C[C@H](NC(=O)COc1ccc(S(=O)(=O)N[C@@H](C)c2ccccc2)cc1)c1cccc(Br)c1. The zero-order chi connectivity index (χ0) is 23.1. The van der Waals surface area contributed by atoms with Crippen molar-refractivity contribution >= 4 is 31.9 Å². The molecule has 2 atom stereocenters. The molecule has 0 aliphatic heterocycles. The summed E-state index contributed by atoms with van der Waals surface area (Å²) in [6.07, 6.45) is 0. The highest BCUT2D eigenvalue weighted by Gasteiger charge is 2.18. The Morgan fingerprint density at radius 2 is 1.56 bits per heavy atom. The zero-order valence-electron chi connectivity index (χ0n) is 17.8. The molecule has 8 heteroatoms. The van der Waals surface area contributed by atoms with Gasteiger partial charge in [0.2, 0.25) is 10.0 Å². The third-order valence-electron chi connectivity index (χ3n) is 4.86. The summed E-state index contributed by atoms with van der Waals surface area (Å²) in [5.74, 6) is 0.137. The summed E-state index contributed by atoms with van der Waals surface area (Å²) < 4.78 is 34.4. The predicted molar refractivity (Wildman–Crippen MR) is 128 cm³/mol. The van der Waals surface area contributed by atoms with E-state index in [0.717, 1.165) is 15.6 Å². The Morgan fingerprint density at radius 1 is 0.906 bits per heavy atom. The minimum atomic E-state index is -3.69. The van der Waals surface area contributed by atoms with Crippen molar-refractivity contribution in [2.45, 2.75) is 30.8 Å². The van der Waals surface area contributed by atoms with Gasteiger partial charge < -0.3 is 10.1 Å². The summed E-state index contributed by atoms with van der Waals surface area (Å²) in [4.78, 5) is 12.3. The second-order valence-electron chi connectivity index (χ2n) is 7.36. The van der Waals surface area contributed by atoms with E-state index in [1.54, 1.807) is 6.92 Å². The van der Waals surface area contributed by atoms with Gasteiger partial charge >= 0.3 is 0 Å². The highest BCUT2D eigenvalue weighted by atomic mass is 79.9. The van der Waals surface area contributed by atoms with E-state index < -0.39 is 10.0 Å². The molecule has 0 fully saturated rings. The summed E-state index contributed by atoms with van der Waals surface area (Å²) in [5, 5.41) is 2.88. The standard InChI is InChI=1S/C24H25BrN2O4S/c1-17(20-9-6-10-21(25)15-20)26-24(28)16-31-22-11-13-23(14-12-22)32(29,30)27-18(2)19-7-4-3-5-8-19/h3-15,17-18,27H,16H2,1-2H3,(H,26,28)/t17-,18-/m0/s1. The summed E-state index contributed by atoms with van der Waals surface area (Å²) in [7, 11) is -3.69. The van der Waals surface area contributed by atoms with Gasteiger partial charge in [-0.1, -0.05) is 58.4 Å². The number of nitrogens with one attached hydrogen (secondary N) is 2. The number of carbonyl (C=O) groups is 1.